The predicted octanol–water partition coefficient (Wildman–Crippen LogP) is 7.23. The summed E-state index contributed by atoms with van der Waals surface area (Å²) in [6.45, 7) is 9.27. The molecule has 0 radical (unpaired) electrons. The van der Waals surface area contributed by atoms with E-state index in [4.69, 9.17) is 0 Å². The highest BCUT2D eigenvalue weighted by Crippen LogP contribution is 2.12. The maximum atomic E-state index is 2.54. The quantitative estimate of drug-likeness (QED) is 0.192. The molecule has 0 unspecified atom stereocenters. The minimum atomic E-state index is 1.18. The van der Waals surface area contributed by atoms with Gasteiger partial charge in [0.1, 0.15) is 12.4 Å². The van der Waals surface area contributed by atoms with Gasteiger partial charge in [-0.2, -0.15) is 0 Å². The van der Waals surface area contributed by atoms with Crippen LogP contribution in [-0.2, 0) is 19.5 Å². The lowest BCUT2D eigenvalue weighted by molar-refractivity contribution is -0.704. The molecule has 1 aromatic rings. The van der Waals surface area contributed by atoms with Crippen molar-refractivity contribution >= 4 is 0 Å². The second kappa shape index (κ2) is 16.4. The standard InChI is InChI=1S/C24H47N2/c1-4-7-9-11-12-13-14-15-16-17-19-24-25(20-6-3)22-23-26(24)21-18-10-8-5-2/h22-23H,4-21H2,1-3H3/q+1. The number of unbranched alkanes of at least 4 members (excludes halogenated alkanes) is 12. The third kappa shape index (κ3) is 10.4. The van der Waals surface area contributed by atoms with E-state index in [-0.39, 0.29) is 0 Å². The van der Waals surface area contributed by atoms with E-state index in [1.165, 1.54) is 116 Å². The molecule has 1 heterocycles. The highest BCUT2D eigenvalue weighted by atomic mass is 15.1. The molecule has 152 valence electrons. The summed E-state index contributed by atoms with van der Waals surface area (Å²) >= 11 is 0. The van der Waals surface area contributed by atoms with Crippen molar-refractivity contribution in [1.82, 2.24) is 4.57 Å². The normalized spacial score (nSPS) is 11.3. The van der Waals surface area contributed by atoms with Crippen LogP contribution in [0.15, 0.2) is 12.4 Å². The van der Waals surface area contributed by atoms with E-state index in [1.807, 2.05) is 0 Å². The van der Waals surface area contributed by atoms with Crippen LogP contribution in [-0.4, -0.2) is 4.57 Å². The topological polar surface area (TPSA) is 8.81 Å². The van der Waals surface area contributed by atoms with Crippen LogP contribution in [0.25, 0.3) is 0 Å². The number of imidazole rings is 1. The van der Waals surface area contributed by atoms with Crippen molar-refractivity contribution in [3.63, 3.8) is 0 Å². The summed E-state index contributed by atoms with van der Waals surface area (Å²) in [4.78, 5) is 0. The summed E-state index contributed by atoms with van der Waals surface area (Å²) < 4.78 is 5.05. The van der Waals surface area contributed by atoms with Gasteiger partial charge in [0.15, 0.2) is 0 Å². The first kappa shape index (κ1) is 23.2. The van der Waals surface area contributed by atoms with Crippen molar-refractivity contribution in [2.75, 3.05) is 0 Å². The van der Waals surface area contributed by atoms with Gasteiger partial charge in [-0.25, -0.2) is 9.13 Å². The van der Waals surface area contributed by atoms with E-state index < -0.39 is 0 Å². The Bertz CT molecular complexity index is 422. The Morgan fingerprint density at radius 2 is 1.19 bits per heavy atom. The first-order valence-electron chi connectivity index (χ1n) is 11.9. The second-order valence-electron chi connectivity index (χ2n) is 8.09. The smallest absolute Gasteiger partial charge is 0.234 e. The molecule has 0 aromatic carbocycles. The minimum absolute atomic E-state index is 1.18. The lowest BCUT2D eigenvalue weighted by Gasteiger charge is -2.06. The van der Waals surface area contributed by atoms with E-state index in [1.54, 1.807) is 5.82 Å². The van der Waals surface area contributed by atoms with Gasteiger partial charge in [-0.1, -0.05) is 91.4 Å². The molecule has 0 amide bonds. The summed E-state index contributed by atoms with van der Waals surface area (Å²) in [5, 5.41) is 0. The van der Waals surface area contributed by atoms with Gasteiger partial charge >= 0.3 is 0 Å². The fourth-order valence-corrected chi connectivity index (χ4v) is 3.91. The largest absolute Gasteiger partial charge is 0.256 e. The van der Waals surface area contributed by atoms with Crippen LogP contribution >= 0.6 is 0 Å². The summed E-state index contributed by atoms with van der Waals surface area (Å²) in [5.74, 6) is 1.57. The summed E-state index contributed by atoms with van der Waals surface area (Å²) in [5.41, 5.74) is 0. The molecule has 0 bridgehead atoms. The third-order valence-electron chi connectivity index (χ3n) is 5.56. The predicted molar refractivity (Wildman–Crippen MR) is 115 cm³/mol. The van der Waals surface area contributed by atoms with Crippen molar-refractivity contribution in [1.29, 1.82) is 0 Å². The van der Waals surface area contributed by atoms with E-state index in [9.17, 15) is 0 Å². The molecule has 0 aliphatic carbocycles. The highest BCUT2D eigenvalue weighted by Gasteiger charge is 2.15. The number of nitrogens with zero attached hydrogens (tertiary/aromatic N) is 2. The maximum Gasteiger partial charge on any atom is 0.256 e. The van der Waals surface area contributed by atoms with Gasteiger partial charge in [0, 0.05) is 6.42 Å². The first-order chi connectivity index (χ1) is 12.8. The summed E-state index contributed by atoms with van der Waals surface area (Å²) in [7, 11) is 0. The molecule has 0 aliphatic rings. The molecule has 0 saturated heterocycles. The SMILES string of the molecule is CCCCCCCCCCCCc1n(CCC)cc[n+]1CCCCCC. The minimum Gasteiger partial charge on any atom is -0.234 e. The molecule has 0 N–H and O–H groups in total. The number of aryl methyl sites for hydroxylation is 2. The number of hydrogen-bond donors (Lipinski definition) is 0. The van der Waals surface area contributed by atoms with Gasteiger partial charge in [0.05, 0.1) is 13.1 Å². The van der Waals surface area contributed by atoms with Gasteiger partial charge in [-0.05, 0) is 25.7 Å². The zero-order valence-corrected chi connectivity index (χ0v) is 18.3. The van der Waals surface area contributed by atoms with Gasteiger partial charge in [-0.3, -0.25) is 0 Å². The molecular weight excluding hydrogens is 316 g/mol. The molecule has 0 atom stereocenters. The van der Waals surface area contributed by atoms with Gasteiger partial charge in [-0.15, -0.1) is 0 Å². The Labute approximate surface area is 164 Å². The molecular formula is C24H47N2+. The first-order valence-corrected chi connectivity index (χ1v) is 11.9. The molecule has 1 aromatic heterocycles. The summed E-state index contributed by atoms with van der Waals surface area (Å²) in [6.07, 6.45) is 26.8. The van der Waals surface area contributed by atoms with Crippen LogP contribution in [0, 0.1) is 0 Å². The van der Waals surface area contributed by atoms with Gasteiger partial charge in [0.25, 0.3) is 5.82 Å². The van der Waals surface area contributed by atoms with E-state index in [0.717, 1.165) is 0 Å². The molecule has 0 saturated carbocycles. The Morgan fingerprint density at radius 1 is 0.654 bits per heavy atom. The van der Waals surface area contributed by atoms with Crippen molar-refractivity contribution in [3.8, 4) is 0 Å². The van der Waals surface area contributed by atoms with E-state index >= 15 is 0 Å². The molecule has 2 nitrogen and oxygen atoms in total. The zero-order valence-electron chi connectivity index (χ0n) is 18.3. The van der Waals surface area contributed by atoms with Crippen LogP contribution in [0.4, 0.5) is 0 Å². The molecule has 0 fully saturated rings. The Hall–Kier alpha value is -0.790. The number of hydrogen-bond acceptors (Lipinski definition) is 0. The highest BCUT2D eigenvalue weighted by molar-refractivity contribution is 4.84. The fraction of sp³-hybridized carbons (Fsp3) is 0.875. The van der Waals surface area contributed by atoms with E-state index in [2.05, 4.69) is 42.3 Å². The van der Waals surface area contributed by atoms with Crippen molar-refractivity contribution in [3.05, 3.63) is 18.2 Å². The lowest BCUT2D eigenvalue weighted by atomic mass is 10.1. The zero-order chi connectivity index (χ0) is 18.9. The Morgan fingerprint density at radius 3 is 1.77 bits per heavy atom. The lowest BCUT2D eigenvalue weighted by Crippen LogP contribution is -2.37. The van der Waals surface area contributed by atoms with Crippen LogP contribution in [0.5, 0.6) is 0 Å². The van der Waals surface area contributed by atoms with Crippen molar-refractivity contribution < 1.29 is 4.57 Å². The Kier molecular flexibility index (Phi) is 14.7. The monoisotopic (exact) mass is 363 g/mol. The van der Waals surface area contributed by atoms with E-state index in [0.29, 0.717) is 0 Å². The molecule has 0 aliphatic heterocycles. The van der Waals surface area contributed by atoms with Gasteiger partial charge in [0.2, 0.25) is 0 Å². The average molecular weight is 364 g/mol. The van der Waals surface area contributed by atoms with Crippen molar-refractivity contribution in [2.45, 2.75) is 137 Å². The number of aromatic nitrogens is 2. The molecule has 26 heavy (non-hydrogen) atoms. The van der Waals surface area contributed by atoms with Crippen LogP contribution in [0.3, 0.4) is 0 Å². The molecule has 0 spiro atoms. The molecule has 1 rings (SSSR count). The van der Waals surface area contributed by atoms with Gasteiger partial charge < -0.3 is 0 Å². The number of rotatable bonds is 18. The molecule has 2 heteroatoms. The average Bonchev–Trinajstić information content (AvgIpc) is 3.02. The van der Waals surface area contributed by atoms with Crippen molar-refractivity contribution in [2.24, 2.45) is 0 Å². The Balaban J connectivity index is 2.23. The third-order valence-corrected chi connectivity index (χ3v) is 5.56. The fourth-order valence-electron chi connectivity index (χ4n) is 3.91. The van der Waals surface area contributed by atoms with Crippen LogP contribution < -0.4 is 4.57 Å². The van der Waals surface area contributed by atoms with Crippen LogP contribution in [0.2, 0.25) is 0 Å². The summed E-state index contributed by atoms with van der Waals surface area (Å²) in [6, 6.07) is 0. The maximum absolute atomic E-state index is 2.54. The second-order valence-corrected chi connectivity index (χ2v) is 8.09. The van der Waals surface area contributed by atoms with Crippen LogP contribution in [0.1, 0.15) is 123 Å².